The summed E-state index contributed by atoms with van der Waals surface area (Å²) in [5.41, 5.74) is 33.6. The lowest BCUT2D eigenvalue weighted by atomic mass is 9.96. The Morgan fingerprint density at radius 3 is 1.06 bits per heavy atom. The molecular weight excluding hydrogens is 1330 g/mol. The van der Waals surface area contributed by atoms with Gasteiger partial charge < -0.3 is 0 Å². The molecule has 8 aromatic heterocycles. The maximum absolute atomic E-state index is 4.52. The molecule has 0 spiro atoms. The molecule has 18 rings (SSSR count). The van der Waals surface area contributed by atoms with Crippen LogP contribution in [0.4, 0.5) is 0 Å². The Morgan fingerprint density at radius 2 is 0.620 bits per heavy atom. The van der Waals surface area contributed by atoms with Gasteiger partial charge in [0.2, 0.25) is 0 Å². The van der Waals surface area contributed by atoms with E-state index >= 15 is 0 Å². The van der Waals surface area contributed by atoms with Gasteiger partial charge in [-0.05, 0) is 258 Å². The number of fused-ring (bicyclic) bond motifs is 6. The van der Waals surface area contributed by atoms with E-state index in [0.29, 0.717) is 6.42 Å². The predicted molar refractivity (Wildman–Crippen MR) is 452 cm³/mol. The summed E-state index contributed by atoms with van der Waals surface area (Å²) < 4.78 is 0. The zero-order valence-electron chi connectivity index (χ0n) is 65.2. The smallest absolute Gasteiger partial charge is 0.125 e. The second kappa shape index (κ2) is 36.2. The van der Waals surface area contributed by atoms with Crippen molar-refractivity contribution in [2.75, 3.05) is 0 Å². The first-order valence-electron chi connectivity index (χ1n) is 36.7. The number of allylic oxidation sites excluding steroid dienone is 12. The van der Waals surface area contributed by atoms with E-state index in [4.69, 9.17) is 0 Å². The van der Waals surface area contributed by atoms with Crippen LogP contribution < -0.4 is 0 Å². The van der Waals surface area contributed by atoms with E-state index in [2.05, 4.69) is 238 Å². The number of benzene rings is 4. The third-order valence-electron chi connectivity index (χ3n) is 18.4. The van der Waals surface area contributed by atoms with Crippen molar-refractivity contribution < 1.29 is 0 Å². The molecule has 15 heteroatoms. The molecule has 0 bridgehead atoms. The molecule has 0 atom stereocenters. The van der Waals surface area contributed by atoms with Crippen molar-refractivity contribution in [2.45, 2.75) is 149 Å². The molecule has 11 heterocycles. The molecule has 4 aromatic carbocycles. The molecule has 15 nitrogen and oxygen atoms in total. The predicted octanol–water partition coefficient (Wildman–Crippen LogP) is 22.2. The van der Waals surface area contributed by atoms with Crippen LogP contribution in [0.1, 0.15) is 134 Å². The van der Waals surface area contributed by atoms with E-state index in [9.17, 15) is 0 Å². The molecule has 0 amide bonds. The van der Waals surface area contributed by atoms with Crippen molar-refractivity contribution in [1.82, 2.24) is 44.9 Å². The molecule has 0 saturated carbocycles. The summed E-state index contributed by atoms with van der Waals surface area (Å²) in [4.78, 5) is 38.6. The van der Waals surface area contributed by atoms with E-state index in [-0.39, 0.29) is 0 Å². The molecule has 0 unspecified atom stereocenters. The van der Waals surface area contributed by atoms with Crippen molar-refractivity contribution in [3.63, 3.8) is 0 Å². The molecule has 108 heavy (non-hydrogen) atoms. The molecular formula is C93H95N15. The fraction of sp³-hybridized carbons (Fsp3) is 0.237. The quantitative estimate of drug-likeness (QED) is 0.119. The van der Waals surface area contributed by atoms with Gasteiger partial charge in [0.15, 0.2) is 0 Å². The lowest BCUT2D eigenvalue weighted by Gasteiger charge is -2.08. The molecule has 3 aliphatic heterocycles. The van der Waals surface area contributed by atoms with Gasteiger partial charge in [-0.2, -0.15) is 30.6 Å². The summed E-state index contributed by atoms with van der Waals surface area (Å²) in [5.74, 6) is 0.829. The highest BCUT2D eigenvalue weighted by molar-refractivity contribution is 6.57. The third-order valence-corrected chi connectivity index (χ3v) is 18.4. The number of rotatable bonds is 5. The Hall–Kier alpha value is -12.2. The van der Waals surface area contributed by atoms with Crippen molar-refractivity contribution in [3.8, 4) is 11.4 Å². The zero-order valence-corrected chi connectivity index (χ0v) is 65.2. The topological polar surface area (TPSA) is 190 Å². The Bertz CT molecular complexity index is 5190. The molecule has 12 aromatic rings. The monoisotopic (exact) mass is 1420 g/mol. The minimum atomic E-state index is 0.698. The Labute approximate surface area is 635 Å². The number of aryl methyl sites for hydroxylation is 12. The van der Waals surface area contributed by atoms with Crippen LogP contribution in [-0.2, 0) is 0 Å². The summed E-state index contributed by atoms with van der Waals surface area (Å²) in [6.45, 7) is 32.6. The lowest BCUT2D eigenvalue weighted by Crippen LogP contribution is -2.19. The van der Waals surface area contributed by atoms with Gasteiger partial charge in [0.05, 0.1) is 56.3 Å². The SMILES string of the molecule is CC1=CC=C(C2=CC=C(C3=CC=C(C)C3)C2)C1.CC1=NN=C(C2=NN=C(C3=NN=C(C)C3)C2)C1.Cc1ccc(-c2ccc(C)cn2)nc1.Cc1ccc(C)nc1.Cc1ccc2c(cnc3cc(C)ccc32)c1.Cc1ccc2cc3nc(C)ccc3cc2n1.Cc1ccc2nc(C)ccc2c1.Cc1cnc(C)nc1. The van der Waals surface area contributed by atoms with Crippen molar-refractivity contribution in [1.29, 1.82) is 0 Å². The Kier molecular flexibility index (Phi) is 25.8. The first kappa shape index (κ1) is 76.9. The van der Waals surface area contributed by atoms with Crippen LogP contribution in [0.3, 0.4) is 0 Å². The average molecular weight is 1420 g/mol. The fourth-order valence-electron chi connectivity index (χ4n) is 12.3. The first-order valence-corrected chi connectivity index (χ1v) is 36.7. The molecule has 0 fully saturated rings. The minimum absolute atomic E-state index is 0.698. The Balaban J connectivity index is 0.000000124. The van der Waals surface area contributed by atoms with E-state index in [1.54, 1.807) is 0 Å². The van der Waals surface area contributed by atoms with Crippen LogP contribution in [0.5, 0.6) is 0 Å². The van der Waals surface area contributed by atoms with Crippen LogP contribution in [0.25, 0.3) is 65.8 Å². The van der Waals surface area contributed by atoms with Gasteiger partial charge in [0.25, 0.3) is 0 Å². The highest BCUT2D eigenvalue weighted by atomic mass is 15.3. The van der Waals surface area contributed by atoms with E-state index in [1.165, 1.54) is 88.4 Å². The van der Waals surface area contributed by atoms with Gasteiger partial charge in [-0.3, -0.25) is 34.9 Å². The number of hydrogen-bond acceptors (Lipinski definition) is 15. The van der Waals surface area contributed by atoms with Gasteiger partial charge in [-0.25, -0.2) is 9.97 Å². The minimum Gasteiger partial charge on any atom is -0.261 e. The fourth-order valence-corrected chi connectivity index (χ4v) is 12.3. The van der Waals surface area contributed by atoms with E-state index < -0.39 is 0 Å². The van der Waals surface area contributed by atoms with Crippen LogP contribution in [-0.4, -0.2) is 79.1 Å². The van der Waals surface area contributed by atoms with Crippen molar-refractivity contribution in [3.05, 3.63) is 314 Å². The van der Waals surface area contributed by atoms with E-state index in [1.807, 2.05) is 162 Å². The number of pyridine rings is 7. The molecule has 3 aliphatic carbocycles. The number of hydrogen-bond donors (Lipinski definition) is 0. The van der Waals surface area contributed by atoms with Crippen LogP contribution >= 0.6 is 0 Å². The average Bonchev–Trinajstić information content (AvgIpc) is 1.22. The van der Waals surface area contributed by atoms with Crippen LogP contribution in [0.2, 0.25) is 0 Å². The van der Waals surface area contributed by atoms with Gasteiger partial charge in [-0.1, -0.05) is 125 Å². The third kappa shape index (κ3) is 21.7. The molecule has 542 valence electrons. The van der Waals surface area contributed by atoms with Crippen molar-refractivity contribution >= 4 is 88.7 Å². The van der Waals surface area contributed by atoms with E-state index in [0.717, 1.165) is 145 Å². The highest BCUT2D eigenvalue weighted by Gasteiger charge is 2.26. The van der Waals surface area contributed by atoms with Gasteiger partial charge in [0.1, 0.15) is 5.82 Å². The maximum atomic E-state index is 4.52. The normalized spacial score (nSPS) is 14.4. The lowest BCUT2D eigenvalue weighted by molar-refractivity contribution is 1.03. The summed E-state index contributed by atoms with van der Waals surface area (Å²) in [6, 6.07) is 48.0. The summed E-state index contributed by atoms with van der Waals surface area (Å²) in [6.07, 6.45) is 30.5. The number of aromatic nitrogens is 9. The molecule has 0 N–H and O–H groups in total. The summed E-state index contributed by atoms with van der Waals surface area (Å²) in [7, 11) is 0. The highest BCUT2D eigenvalue weighted by Crippen LogP contribution is 2.38. The molecule has 0 radical (unpaired) electrons. The van der Waals surface area contributed by atoms with Gasteiger partial charge >= 0.3 is 0 Å². The second-order valence-electron chi connectivity index (χ2n) is 28.6. The summed E-state index contributed by atoms with van der Waals surface area (Å²) >= 11 is 0. The first-order chi connectivity index (χ1) is 52.0. The second-order valence-corrected chi connectivity index (χ2v) is 28.6. The standard InChI is InChI=1S/C17H18.C15H13N.C14H12N2.C12H12N2.C11H12N6.C11H11N.C7H9N.C6H8N2/c1-12-3-5-14(9-12)16-7-8-17(11-16)15-6-4-13(2)10-15;1-10-3-5-13-12(7-10)9-16-15-8-11(2)4-6-14(13)15;1-9-3-5-11-8-14-12(7-13(11)15-9)6-4-10(2)16-14;1-9-3-5-11(13-7-9)12-6-4-10(2)8-14-12;1-6-3-8(14-12-6)10-5-11(17-16-10)9-4-7(2)13-15-9;1-8-3-6-11-10(7-8)5-4-9(2)12-11;1-6-3-4-7(2)8-5-6;1-5-3-7-6(2)8-4-5/h3-8H,9-11H2,1-2H3;3-9H,1-2H3;3-8H,1-2H3;3-8H,1-2H3;3-5H2,1-2H3;3-7H,1-2H3;3-5H,1-2H3;3-4H,1-2H3. The van der Waals surface area contributed by atoms with Gasteiger partial charge in [-0.15, -0.1) is 0 Å². The number of nitrogens with zero attached hydrogens (tertiary/aromatic N) is 15. The van der Waals surface area contributed by atoms with Crippen LogP contribution in [0, 0.1) is 83.1 Å². The summed E-state index contributed by atoms with van der Waals surface area (Å²) in [5, 5.41) is 31.9. The Morgan fingerprint density at radius 1 is 0.231 bits per heavy atom. The molecule has 0 saturated heterocycles. The molecule has 6 aliphatic rings. The maximum Gasteiger partial charge on any atom is 0.125 e. The zero-order chi connectivity index (χ0) is 76.4. The van der Waals surface area contributed by atoms with Gasteiger partial charge in [0, 0.05) is 118 Å². The largest absolute Gasteiger partial charge is 0.261 e. The van der Waals surface area contributed by atoms with Crippen molar-refractivity contribution in [2.24, 2.45) is 30.6 Å². The van der Waals surface area contributed by atoms with Crippen LogP contribution in [0.15, 0.2) is 277 Å².